The van der Waals surface area contributed by atoms with Gasteiger partial charge in [-0.05, 0) is 43.4 Å². The molecule has 138 valence electrons. The van der Waals surface area contributed by atoms with Crippen molar-refractivity contribution in [2.24, 2.45) is 5.41 Å². The van der Waals surface area contributed by atoms with Gasteiger partial charge in [-0.3, -0.25) is 0 Å². The zero-order chi connectivity index (χ0) is 18.0. The third-order valence-corrected chi connectivity index (χ3v) is 5.90. The monoisotopic (exact) mass is 346 g/mol. The zero-order valence-electron chi connectivity index (χ0n) is 15.5. The lowest BCUT2D eigenvalue weighted by molar-refractivity contribution is -0.207. The molecule has 25 heavy (non-hydrogen) atoms. The Morgan fingerprint density at radius 3 is 2.72 bits per heavy atom. The number of aliphatic hydroxyl groups is 1. The number of nitrogens with zero attached hydrogens (tertiary/aromatic N) is 1. The maximum Gasteiger partial charge on any atom is 0.321 e. The fourth-order valence-corrected chi connectivity index (χ4v) is 4.12. The molecule has 5 nitrogen and oxygen atoms in total. The molecule has 2 amide bonds. The van der Waals surface area contributed by atoms with Crippen LogP contribution in [0.25, 0.3) is 0 Å². The van der Waals surface area contributed by atoms with Crippen molar-refractivity contribution in [3.63, 3.8) is 0 Å². The maximum atomic E-state index is 12.6. The molecule has 2 atom stereocenters. The number of hydrogen-bond acceptors (Lipinski definition) is 3. The van der Waals surface area contributed by atoms with Crippen LogP contribution in [0.5, 0.6) is 0 Å². The summed E-state index contributed by atoms with van der Waals surface area (Å²) < 4.78 is 5.79. The Morgan fingerprint density at radius 2 is 2.12 bits per heavy atom. The molecule has 1 heterocycles. The van der Waals surface area contributed by atoms with Crippen molar-refractivity contribution in [3.05, 3.63) is 29.8 Å². The van der Waals surface area contributed by atoms with Gasteiger partial charge < -0.3 is 20.1 Å². The summed E-state index contributed by atoms with van der Waals surface area (Å²) in [5, 5.41) is 13.3. The zero-order valence-corrected chi connectivity index (χ0v) is 15.5. The van der Waals surface area contributed by atoms with Crippen LogP contribution in [0.2, 0.25) is 0 Å². The second kappa shape index (κ2) is 7.34. The number of anilines is 1. The number of urea groups is 1. The minimum Gasteiger partial charge on any atom is -0.392 e. The lowest BCUT2D eigenvalue weighted by Gasteiger charge is -2.56. The van der Waals surface area contributed by atoms with Crippen molar-refractivity contribution in [3.8, 4) is 0 Å². The molecule has 3 rings (SSSR count). The molecule has 0 unspecified atom stereocenters. The molecule has 0 bridgehead atoms. The number of carbonyl (C=O) groups is 1. The molecule has 5 heteroatoms. The van der Waals surface area contributed by atoms with E-state index in [1.807, 2.05) is 30.0 Å². The van der Waals surface area contributed by atoms with E-state index >= 15 is 0 Å². The average molecular weight is 346 g/mol. The van der Waals surface area contributed by atoms with Crippen LogP contribution in [0, 0.1) is 5.41 Å². The van der Waals surface area contributed by atoms with Gasteiger partial charge in [0, 0.05) is 37.2 Å². The normalized spacial score (nSPS) is 25.1. The molecule has 2 fully saturated rings. The van der Waals surface area contributed by atoms with Crippen LogP contribution in [0.15, 0.2) is 24.3 Å². The fraction of sp³-hybridized carbons (Fsp3) is 0.650. The van der Waals surface area contributed by atoms with E-state index in [2.05, 4.69) is 25.2 Å². The predicted octanol–water partition coefficient (Wildman–Crippen LogP) is 3.59. The van der Waals surface area contributed by atoms with E-state index in [9.17, 15) is 9.90 Å². The number of amides is 2. The van der Waals surface area contributed by atoms with Crippen LogP contribution in [0.4, 0.5) is 10.5 Å². The summed E-state index contributed by atoms with van der Waals surface area (Å²) in [6.07, 6.45) is 2.18. The highest BCUT2D eigenvalue weighted by Gasteiger charge is 2.56. The summed E-state index contributed by atoms with van der Waals surface area (Å²) in [5.41, 5.74) is 1.91. The molecule has 1 saturated heterocycles. The van der Waals surface area contributed by atoms with E-state index in [1.54, 1.807) is 0 Å². The molecular formula is C20H30N2O3. The van der Waals surface area contributed by atoms with E-state index in [4.69, 9.17) is 4.74 Å². The fourth-order valence-electron chi connectivity index (χ4n) is 4.12. The van der Waals surface area contributed by atoms with Gasteiger partial charge in [-0.25, -0.2) is 4.79 Å². The quantitative estimate of drug-likeness (QED) is 0.876. The minimum absolute atomic E-state index is 0.0578. The number of rotatable bonds is 4. The topological polar surface area (TPSA) is 61.8 Å². The van der Waals surface area contributed by atoms with Crippen molar-refractivity contribution in [2.75, 3.05) is 25.0 Å². The molecule has 1 spiro atoms. The van der Waals surface area contributed by atoms with Crippen molar-refractivity contribution < 1.29 is 14.6 Å². The molecule has 1 aliphatic heterocycles. The first kappa shape index (κ1) is 18.2. The third-order valence-electron chi connectivity index (χ3n) is 5.90. The first-order chi connectivity index (χ1) is 12.0. The van der Waals surface area contributed by atoms with E-state index < -0.39 is 0 Å². The van der Waals surface area contributed by atoms with Crippen LogP contribution in [0.1, 0.15) is 51.5 Å². The van der Waals surface area contributed by atoms with Crippen LogP contribution >= 0.6 is 0 Å². The number of ether oxygens (including phenoxy) is 1. The summed E-state index contributed by atoms with van der Waals surface area (Å²) in [6.45, 7) is 8.28. The SMILES string of the molecule is CCO[C@H]1C[C@H](O)C12CCN(C(=O)Nc1cccc(C(C)C)c1)CC2. The highest BCUT2D eigenvalue weighted by molar-refractivity contribution is 5.89. The molecule has 0 aromatic heterocycles. The molecule has 1 aliphatic carbocycles. The summed E-state index contributed by atoms with van der Waals surface area (Å²) in [5.74, 6) is 0.433. The van der Waals surface area contributed by atoms with Crippen LogP contribution in [-0.2, 0) is 4.74 Å². The van der Waals surface area contributed by atoms with E-state index in [-0.39, 0.29) is 23.7 Å². The van der Waals surface area contributed by atoms with Gasteiger partial charge in [-0.2, -0.15) is 0 Å². The molecule has 2 aliphatic rings. The van der Waals surface area contributed by atoms with Crippen LogP contribution in [0.3, 0.4) is 0 Å². The molecule has 2 N–H and O–H groups in total. The van der Waals surface area contributed by atoms with Crippen molar-refractivity contribution >= 4 is 11.7 Å². The van der Waals surface area contributed by atoms with Crippen molar-refractivity contribution in [2.45, 2.75) is 58.2 Å². The Morgan fingerprint density at radius 1 is 1.40 bits per heavy atom. The lowest BCUT2D eigenvalue weighted by Crippen LogP contribution is -2.63. The Balaban J connectivity index is 1.58. The maximum absolute atomic E-state index is 12.6. The lowest BCUT2D eigenvalue weighted by atomic mass is 9.58. The first-order valence-electron chi connectivity index (χ1n) is 9.42. The number of aliphatic hydroxyl groups excluding tert-OH is 1. The molecule has 1 saturated carbocycles. The van der Waals surface area contributed by atoms with Crippen molar-refractivity contribution in [1.82, 2.24) is 4.90 Å². The summed E-state index contributed by atoms with van der Waals surface area (Å²) in [4.78, 5) is 14.4. The van der Waals surface area contributed by atoms with Crippen molar-refractivity contribution in [1.29, 1.82) is 0 Å². The average Bonchev–Trinajstić information content (AvgIpc) is 2.62. The summed E-state index contributed by atoms with van der Waals surface area (Å²) in [7, 11) is 0. The van der Waals surface area contributed by atoms with E-state index in [0.717, 1.165) is 24.9 Å². The van der Waals surface area contributed by atoms with Gasteiger partial charge >= 0.3 is 6.03 Å². The van der Waals surface area contributed by atoms with Gasteiger partial charge in [0.25, 0.3) is 0 Å². The number of benzene rings is 1. The number of likely N-dealkylation sites (tertiary alicyclic amines) is 1. The Bertz CT molecular complexity index is 607. The third kappa shape index (κ3) is 3.53. The van der Waals surface area contributed by atoms with Crippen LogP contribution in [-0.4, -0.2) is 47.9 Å². The second-order valence-electron chi connectivity index (χ2n) is 7.63. The Kier molecular flexibility index (Phi) is 5.35. The Labute approximate surface area is 150 Å². The minimum atomic E-state index is -0.294. The number of carbonyl (C=O) groups excluding carboxylic acids is 1. The highest BCUT2D eigenvalue weighted by atomic mass is 16.5. The van der Waals surface area contributed by atoms with Gasteiger partial charge in [0.05, 0.1) is 12.2 Å². The van der Waals surface area contributed by atoms with Gasteiger partial charge in [0.15, 0.2) is 0 Å². The van der Waals surface area contributed by atoms with E-state index in [0.29, 0.717) is 25.6 Å². The van der Waals surface area contributed by atoms with Gasteiger partial charge in [-0.15, -0.1) is 0 Å². The first-order valence-corrected chi connectivity index (χ1v) is 9.42. The molecular weight excluding hydrogens is 316 g/mol. The highest BCUT2D eigenvalue weighted by Crippen LogP contribution is 2.50. The Hall–Kier alpha value is -1.59. The summed E-state index contributed by atoms with van der Waals surface area (Å²) in [6, 6.07) is 7.97. The van der Waals surface area contributed by atoms with Gasteiger partial charge in [0.2, 0.25) is 0 Å². The van der Waals surface area contributed by atoms with Crippen LogP contribution < -0.4 is 5.32 Å². The molecule has 1 aromatic carbocycles. The standard InChI is InChI=1S/C20H30N2O3/c1-4-25-18-13-17(23)20(18)8-10-22(11-9-20)19(24)21-16-7-5-6-15(12-16)14(2)3/h5-7,12,14,17-18,23H,4,8-11,13H2,1-3H3,(H,21,24)/t17-,18-/m0/s1. The largest absolute Gasteiger partial charge is 0.392 e. The van der Waals surface area contributed by atoms with E-state index in [1.165, 1.54) is 5.56 Å². The number of hydrogen-bond donors (Lipinski definition) is 2. The molecule has 1 aromatic rings. The smallest absolute Gasteiger partial charge is 0.321 e. The predicted molar refractivity (Wildman–Crippen MR) is 98.8 cm³/mol. The molecule has 0 radical (unpaired) electrons. The number of piperidine rings is 1. The number of nitrogens with one attached hydrogen (secondary N) is 1. The second-order valence-corrected chi connectivity index (χ2v) is 7.63. The van der Waals surface area contributed by atoms with Gasteiger partial charge in [0.1, 0.15) is 0 Å². The van der Waals surface area contributed by atoms with Gasteiger partial charge in [-0.1, -0.05) is 26.0 Å². The summed E-state index contributed by atoms with van der Waals surface area (Å²) >= 11 is 0.